The van der Waals surface area contributed by atoms with E-state index in [9.17, 15) is 19.5 Å². The third-order valence-electron chi connectivity index (χ3n) is 6.42. The van der Waals surface area contributed by atoms with Crippen LogP contribution in [-0.4, -0.2) is 34.4 Å². The Morgan fingerprint density at radius 3 is 2.46 bits per heavy atom. The second kappa shape index (κ2) is 12.0. The second-order valence-corrected chi connectivity index (χ2v) is 10.2. The number of aryl methyl sites for hydroxylation is 1. The first kappa shape index (κ1) is 27.5. The summed E-state index contributed by atoms with van der Waals surface area (Å²) in [5.74, 6) is -2.15. The molecule has 3 aromatic carbocycles. The van der Waals surface area contributed by atoms with Crippen molar-refractivity contribution in [2.45, 2.75) is 19.6 Å². The summed E-state index contributed by atoms with van der Waals surface area (Å²) in [7, 11) is 0. The van der Waals surface area contributed by atoms with Crippen LogP contribution < -0.4 is 9.64 Å². The number of hydrogen-bond acceptors (Lipinski definition) is 8. The van der Waals surface area contributed by atoms with Gasteiger partial charge in [-0.05, 0) is 30.2 Å². The molecule has 2 heterocycles. The van der Waals surface area contributed by atoms with Crippen LogP contribution in [0.4, 0.5) is 5.13 Å². The molecule has 4 aromatic rings. The van der Waals surface area contributed by atoms with E-state index in [1.807, 2.05) is 30.3 Å². The molecule has 9 heteroatoms. The molecule has 0 radical (unpaired) electrons. The minimum atomic E-state index is -1.03. The molecule has 1 atom stereocenters. The number of ether oxygens (including phenoxy) is 2. The van der Waals surface area contributed by atoms with Gasteiger partial charge in [0.15, 0.2) is 5.13 Å². The molecule has 1 aliphatic heterocycles. The molecule has 0 spiro atoms. The van der Waals surface area contributed by atoms with E-state index >= 15 is 0 Å². The molecule has 1 fully saturated rings. The highest BCUT2D eigenvalue weighted by Crippen LogP contribution is 2.44. The lowest BCUT2D eigenvalue weighted by Gasteiger charge is -2.23. The molecule has 1 N–H and O–H groups in total. The van der Waals surface area contributed by atoms with E-state index in [-0.39, 0.29) is 27.9 Å². The lowest BCUT2D eigenvalue weighted by atomic mass is 9.95. The van der Waals surface area contributed by atoms with Gasteiger partial charge >= 0.3 is 11.9 Å². The van der Waals surface area contributed by atoms with Gasteiger partial charge in [-0.3, -0.25) is 14.5 Å². The van der Waals surface area contributed by atoms with Gasteiger partial charge in [0.05, 0.1) is 17.3 Å². The van der Waals surface area contributed by atoms with Gasteiger partial charge < -0.3 is 14.6 Å². The molecule has 8 nitrogen and oxygen atoms in total. The van der Waals surface area contributed by atoms with Crippen LogP contribution in [0.5, 0.6) is 5.75 Å². The fourth-order valence-electron chi connectivity index (χ4n) is 4.49. The smallest absolute Gasteiger partial charge is 0.350 e. The molecule has 0 saturated carbocycles. The Hall–Kier alpha value is -5.02. The number of esters is 1. The fourth-order valence-corrected chi connectivity index (χ4v) is 5.47. The molecule has 1 saturated heterocycles. The summed E-state index contributed by atoms with van der Waals surface area (Å²) in [5.41, 5.74) is 2.14. The van der Waals surface area contributed by atoms with Gasteiger partial charge in [0.25, 0.3) is 5.78 Å². The summed E-state index contributed by atoms with van der Waals surface area (Å²) in [6, 6.07) is 24.2. The van der Waals surface area contributed by atoms with Crippen LogP contribution in [0, 0.1) is 6.92 Å². The molecule has 0 aliphatic carbocycles. The minimum Gasteiger partial charge on any atom is -0.507 e. The van der Waals surface area contributed by atoms with E-state index < -0.39 is 23.7 Å². The number of amides is 1. The Bertz CT molecular complexity index is 1650. The Labute approximate surface area is 240 Å². The first-order valence-corrected chi connectivity index (χ1v) is 13.6. The quantitative estimate of drug-likeness (QED) is 0.0871. The number of carbonyl (C=O) groups is 3. The molecule has 1 amide bonds. The molecular formula is C32H26N2O6S. The van der Waals surface area contributed by atoms with E-state index in [1.54, 1.807) is 61.5 Å². The van der Waals surface area contributed by atoms with Crippen LogP contribution in [0.15, 0.2) is 103 Å². The average Bonchev–Trinajstić information content (AvgIpc) is 3.51. The summed E-state index contributed by atoms with van der Waals surface area (Å²) in [5, 5.41) is 11.4. The topological polar surface area (TPSA) is 106 Å². The zero-order chi connectivity index (χ0) is 28.9. The van der Waals surface area contributed by atoms with Crippen molar-refractivity contribution in [2.24, 2.45) is 0 Å². The fraction of sp³-hybridized carbons (Fsp3) is 0.125. The Kier molecular flexibility index (Phi) is 8.07. The maximum Gasteiger partial charge on any atom is 0.350 e. The molecule has 1 aromatic heterocycles. The minimum absolute atomic E-state index is 0.0167. The highest BCUT2D eigenvalue weighted by molar-refractivity contribution is 7.17. The zero-order valence-electron chi connectivity index (χ0n) is 22.2. The van der Waals surface area contributed by atoms with E-state index in [0.29, 0.717) is 29.2 Å². The molecule has 5 rings (SSSR count). The number of carbonyl (C=O) groups excluding carboxylic acids is 3. The predicted octanol–water partition coefficient (Wildman–Crippen LogP) is 6.00. The van der Waals surface area contributed by atoms with Gasteiger partial charge in [-0.15, -0.1) is 0 Å². The summed E-state index contributed by atoms with van der Waals surface area (Å²) in [4.78, 5) is 45.5. The monoisotopic (exact) mass is 566 g/mol. The maximum absolute atomic E-state index is 13.5. The number of hydrogen-bond donors (Lipinski definition) is 1. The Morgan fingerprint density at radius 1 is 1.05 bits per heavy atom. The van der Waals surface area contributed by atoms with Crippen molar-refractivity contribution in [3.63, 3.8) is 0 Å². The van der Waals surface area contributed by atoms with E-state index in [1.165, 1.54) is 11.0 Å². The van der Waals surface area contributed by atoms with Crippen molar-refractivity contribution in [3.05, 3.63) is 130 Å². The van der Waals surface area contributed by atoms with E-state index in [2.05, 4.69) is 11.6 Å². The standard InChI is InChI=1S/C32H26N2O6S/c1-3-17-39-31(38)29-20(2)33-32(41-29)34-26(25(28(36)30(34)37)27(35)22-13-8-5-9-14-22)23-15-10-16-24(18-23)40-19-21-11-6-4-7-12-21/h3-16,18,26,35H,1,17,19H2,2H3. The SMILES string of the molecule is C=CCOC(=O)c1sc(N2C(=O)C(=O)C(=C(O)c3ccccc3)C2c2cccc(OCc3ccccc3)c2)nc1C. The highest BCUT2D eigenvalue weighted by atomic mass is 32.1. The highest BCUT2D eigenvalue weighted by Gasteiger charge is 2.48. The van der Waals surface area contributed by atoms with Crippen LogP contribution in [0.1, 0.15) is 38.1 Å². The van der Waals surface area contributed by atoms with Crippen molar-refractivity contribution < 1.29 is 29.0 Å². The molecule has 1 unspecified atom stereocenters. The third-order valence-corrected chi connectivity index (χ3v) is 7.56. The normalized spacial score (nSPS) is 16.0. The summed E-state index contributed by atoms with van der Waals surface area (Å²) >= 11 is 0.938. The first-order valence-electron chi connectivity index (χ1n) is 12.8. The van der Waals surface area contributed by atoms with Crippen molar-refractivity contribution in [1.29, 1.82) is 0 Å². The largest absolute Gasteiger partial charge is 0.507 e. The van der Waals surface area contributed by atoms with Crippen LogP contribution in [0.2, 0.25) is 0 Å². The van der Waals surface area contributed by atoms with Crippen molar-refractivity contribution >= 4 is 39.9 Å². The lowest BCUT2D eigenvalue weighted by Crippen LogP contribution is -2.29. The molecule has 206 valence electrons. The van der Waals surface area contributed by atoms with Gasteiger partial charge in [-0.25, -0.2) is 9.78 Å². The van der Waals surface area contributed by atoms with Gasteiger partial charge in [-0.2, -0.15) is 0 Å². The van der Waals surface area contributed by atoms with Crippen LogP contribution >= 0.6 is 11.3 Å². The van der Waals surface area contributed by atoms with Crippen LogP contribution in [0.3, 0.4) is 0 Å². The van der Waals surface area contributed by atoms with Crippen LogP contribution in [-0.2, 0) is 20.9 Å². The van der Waals surface area contributed by atoms with Crippen LogP contribution in [0.25, 0.3) is 5.76 Å². The average molecular weight is 567 g/mol. The number of benzene rings is 3. The Morgan fingerprint density at radius 2 is 1.76 bits per heavy atom. The number of aliphatic hydroxyl groups excluding tert-OH is 1. The second-order valence-electron chi connectivity index (χ2n) is 9.18. The Balaban J connectivity index is 1.60. The molecule has 0 bridgehead atoms. The van der Waals surface area contributed by atoms with Gasteiger partial charge in [0, 0.05) is 5.56 Å². The number of ketones is 1. The number of aliphatic hydroxyl groups is 1. The predicted molar refractivity (Wildman–Crippen MR) is 156 cm³/mol. The maximum atomic E-state index is 13.5. The summed E-state index contributed by atoms with van der Waals surface area (Å²) in [6.45, 7) is 5.50. The first-order chi connectivity index (χ1) is 19.9. The number of Topliss-reactive ketones (excluding diaryl/α,β-unsaturated/α-hetero) is 1. The van der Waals surface area contributed by atoms with E-state index in [4.69, 9.17) is 9.47 Å². The summed E-state index contributed by atoms with van der Waals surface area (Å²) < 4.78 is 11.2. The van der Waals surface area contributed by atoms with E-state index in [0.717, 1.165) is 16.9 Å². The summed E-state index contributed by atoms with van der Waals surface area (Å²) in [6.07, 6.45) is 1.45. The number of aromatic nitrogens is 1. The molecular weight excluding hydrogens is 540 g/mol. The van der Waals surface area contributed by atoms with Crippen molar-refractivity contribution in [2.75, 3.05) is 11.5 Å². The van der Waals surface area contributed by atoms with Gasteiger partial charge in [-0.1, -0.05) is 96.8 Å². The number of thiazole rings is 1. The number of anilines is 1. The third kappa shape index (κ3) is 5.66. The zero-order valence-corrected chi connectivity index (χ0v) is 23.0. The number of rotatable bonds is 9. The lowest BCUT2D eigenvalue weighted by molar-refractivity contribution is -0.132. The number of nitrogens with zero attached hydrogens (tertiary/aromatic N) is 2. The van der Waals surface area contributed by atoms with Crippen molar-refractivity contribution in [1.82, 2.24) is 4.98 Å². The molecule has 1 aliphatic rings. The van der Waals surface area contributed by atoms with Gasteiger partial charge in [0.1, 0.15) is 29.6 Å². The van der Waals surface area contributed by atoms with Gasteiger partial charge in [0.2, 0.25) is 0 Å². The molecule has 41 heavy (non-hydrogen) atoms. The van der Waals surface area contributed by atoms with Crippen molar-refractivity contribution in [3.8, 4) is 5.75 Å².